The standard InChI is InChI=1S/C15H30N2/c1-4-17(13-8-6-5-7-9-13)15(3,12-16)14(2)10-11-14/h13H,4-12,16H2,1-3H3. The average Bonchev–Trinajstić information content (AvgIpc) is 3.11. The Morgan fingerprint density at radius 3 is 2.24 bits per heavy atom. The van der Waals surface area contributed by atoms with Crippen LogP contribution < -0.4 is 5.73 Å². The molecule has 2 rings (SSSR count). The first-order valence-corrected chi connectivity index (χ1v) is 7.54. The SMILES string of the molecule is CCN(C1CCCCC1)C(C)(CN)C1(C)CC1. The van der Waals surface area contributed by atoms with Gasteiger partial charge in [-0.05, 0) is 44.6 Å². The van der Waals surface area contributed by atoms with Gasteiger partial charge in [0.2, 0.25) is 0 Å². The maximum absolute atomic E-state index is 6.17. The second kappa shape index (κ2) is 4.89. The van der Waals surface area contributed by atoms with E-state index in [4.69, 9.17) is 5.73 Å². The zero-order chi connectivity index (χ0) is 12.5. The van der Waals surface area contributed by atoms with Crippen molar-refractivity contribution in [1.29, 1.82) is 0 Å². The zero-order valence-electron chi connectivity index (χ0n) is 12.0. The minimum atomic E-state index is 0.226. The number of hydrogen-bond donors (Lipinski definition) is 1. The van der Waals surface area contributed by atoms with Crippen molar-refractivity contribution in [2.75, 3.05) is 13.1 Å². The topological polar surface area (TPSA) is 29.3 Å². The van der Waals surface area contributed by atoms with E-state index in [1.54, 1.807) is 0 Å². The predicted molar refractivity (Wildman–Crippen MR) is 74.1 cm³/mol. The Kier molecular flexibility index (Phi) is 3.84. The van der Waals surface area contributed by atoms with Crippen molar-refractivity contribution >= 4 is 0 Å². The maximum atomic E-state index is 6.17. The van der Waals surface area contributed by atoms with E-state index in [-0.39, 0.29) is 5.54 Å². The van der Waals surface area contributed by atoms with Gasteiger partial charge in [0.05, 0.1) is 0 Å². The summed E-state index contributed by atoms with van der Waals surface area (Å²) in [7, 11) is 0. The quantitative estimate of drug-likeness (QED) is 0.797. The molecule has 0 heterocycles. The van der Waals surface area contributed by atoms with Crippen LogP contribution in [0.2, 0.25) is 0 Å². The third-order valence-corrected chi connectivity index (χ3v) is 5.69. The van der Waals surface area contributed by atoms with Crippen LogP contribution in [-0.4, -0.2) is 29.6 Å². The molecule has 2 nitrogen and oxygen atoms in total. The lowest BCUT2D eigenvalue weighted by atomic mass is 9.79. The van der Waals surface area contributed by atoms with Crippen molar-refractivity contribution in [1.82, 2.24) is 4.90 Å². The molecule has 0 aromatic carbocycles. The van der Waals surface area contributed by atoms with Gasteiger partial charge in [-0.1, -0.05) is 33.1 Å². The molecule has 2 N–H and O–H groups in total. The molecule has 0 aliphatic heterocycles. The van der Waals surface area contributed by atoms with Gasteiger partial charge in [0.15, 0.2) is 0 Å². The summed E-state index contributed by atoms with van der Waals surface area (Å²) in [6, 6.07) is 0.791. The number of hydrogen-bond acceptors (Lipinski definition) is 2. The zero-order valence-corrected chi connectivity index (χ0v) is 12.0. The number of rotatable bonds is 5. The van der Waals surface area contributed by atoms with Gasteiger partial charge in [-0.25, -0.2) is 0 Å². The molecule has 17 heavy (non-hydrogen) atoms. The highest BCUT2D eigenvalue weighted by atomic mass is 15.2. The second-order valence-corrected chi connectivity index (χ2v) is 6.62. The molecule has 0 bridgehead atoms. The van der Waals surface area contributed by atoms with Crippen molar-refractivity contribution in [3.63, 3.8) is 0 Å². The maximum Gasteiger partial charge on any atom is 0.0359 e. The number of likely N-dealkylation sites (N-methyl/N-ethyl adjacent to an activating group) is 1. The van der Waals surface area contributed by atoms with E-state index in [1.165, 1.54) is 44.9 Å². The Hall–Kier alpha value is -0.0800. The lowest BCUT2D eigenvalue weighted by Gasteiger charge is -2.50. The molecule has 0 radical (unpaired) electrons. The van der Waals surface area contributed by atoms with Crippen molar-refractivity contribution in [2.24, 2.45) is 11.1 Å². The summed E-state index contributed by atoms with van der Waals surface area (Å²) < 4.78 is 0. The van der Waals surface area contributed by atoms with Crippen LogP contribution in [0.25, 0.3) is 0 Å². The Labute approximate surface area is 107 Å². The number of nitrogens with zero attached hydrogens (tertiary/aromatic N) is 1. The van der Waals surface area contributed by atoms with Crippen molar-refractivity contribution in [3.8, 4) is 0 Å². The summed E-state index contributed by atoms with van der Waals surface area (Å²) in [5, 5.41) is 0. The van der Waals surface area contributed by atoms with Crippen LogP contribution in [0, 0.1) is 5.41 Å². The fraction of sp³-hybridized carbons (Fsp3) is 1.00. The molecule has 2 aliphatic rings. The van der Waals surface area contributed by atoms with E-state index in [2.05, 4.69) is 25.7 Å². The summed E-state index contributed by atoms with van der Waals surface area (Å²) in [4.78, 5) is 2.75. The Morgan fingerprint density at radius 1 is 1.24 bits per heavy atom. The van der Waals surface area contributed by atoms with Crippen molar-refractivity contribution in [3.05, 3.63) is 0 Å². The molecule has 1 unspecified atom stereocenters. The molecule has 2 fully saturated rings. The van der Waals surface area contributed by atoms with Gasteiger partial charge < -0.3 is 5.73 Å². The normalized spacial score (nSPS) is 28.1. The second-order valence-electron chi connectivity index (χ2n) is 6.62. The third-order valence-electron chi connectivity index (χ3n) is 5.69. The Bertz CT molecular complexity index is 254. The van der Waals surface area contributed by atoms with Gasteiger partial charge in [-0.2, -0.15) is 0 Å². The molecule has 2 aliphatic carbocycles. The monoisotopic (exact) mass is 238 g/mol. The summed E-state index contributed by atoms with van der Waals surface area (Å²) in [5.41, 5.74) is 6.88. The fourth-order valence-corrected chi connectivity index (χ4v) is 3.84. The van der Waals surface area contributed by atoms with Gasteiger partial charge in [0.1, 0.15) is 0 Å². The molecule has 1 atom stereocenters. The molecular weight excluding hydrogens is 208 g/mol. The molecular formula is C15H30N2. The van der Waals surface area contributed by atoms with E-state index in [0.717, 1.165) is 19.1 Å². The van der Waals surface area contributed by atoms with E-state index >= 15 is 0 Å². The molecule has 0 aromatic rings. The average molecular weight is 238 g/mol. The fourth-order valence-electron chi connectivity index (χ4n) is 3.84. The first-order valence-electron chi connectivity index (χ1n) is 7.54. The highest BCUT2D eigenvalue weighted by molar-refractivity contribution is 5.10. The lowest BCUT2D eigenvalue weighted by Crippen LogP contribution is -2.60. The van der Waals surface area contributed by atoms with Crippen LogP contribution in [0.5, 0.6) is 0 Å². The minimum absolute atomic E-state index is 0.226. The Morgan fingerprint density at radius 2 is 1.82 bits per heavy atom. The number of nitrogens with two attached hydrogens (primary N) is 1. The molecule has 0 saturated heterocycles. The largest absolute Gasteiger partial charge is 0.329 e. The molecule has 0 aromatic heterocycles. The predicted octanol–water partition coefficient (Wildman–Crippen LogP) is 3.16. The lowest BCUT2D eigenvalue weighted by molar-refractivity contribution is 0.000897. The Balaban J connectivity index is 2.14. The molecule has 0 spiro atoms. The van der Waals surface area contributed by atoms with Gasteiger partial charge in [-0.15, -0.1) is 0 Å². The van der Waals surface area contributed by atoms with E-state index in [0.29, 0.717) is 5.41 Å². The van der Waals surface area contributed by atoms with Crippen LogP contribution in [0.15, 0.2) is 0 Å². The first kappa shape index (κ1) is 13.4. The van der Waals surface area contributed by atoms with Crippen LogP contribution in [-0.2, 0) is 0 Å². The molecule has 2 saturated carbocycles. The first-order chi connectivity index (χ1) is 8.07. The van der Waals surface area contributed by atoms with Gasteiger partial charge >= 0.3 is 0 Å². The van der Waals surface area contributed by atoms with Gasteiger partial charge in [-0.3, -0.25) is 4.90 Å². The molecule has 100 valence electrons. The summed E-state index contributed by atoms with van der Waals surface area (Å²) in [5.74, 6) is 0. The molecule has 0 amide bonds. The van der Waals surface area contributed by atoms with Crippen LogP contribution in [0.3, 0.4) is 0 Å². The van der Waals surface area contributed by atoms with Crippen LogP contribution in [0.1, 0.15) is 65.7 Å². The van der Waals surface area contributed by atoms with E-state index in [9.17, 15) is 0 Å². The minimum Gasteiger partial charge on any atom is -0.329 e. The molecule has 2 heteroatoms. The van der Waals surface area contributed by atoms with Gasteiger partial charge in [0, 0.05) is 18.1 Å². The third kappa shape index (κ3) is 2.26. The van der Waals surface area contributed by atoms with E-state index in [1.807, 2.05) is 0 Å². The summed E-state index contributed by atoms with van der Waals surface area (Å²) in [6.45, 7) is 9.14. The smallest absolute Gasteiger partial charge is 0.0359 e. The highest BCUT2D eigenvalue weighted by Gasteiger charge is 2.55. The van der Waals surface area contributed by atoms with Crippen molar-refractivity contribution in [2.45, 2.75) is 77.3 Å². The van der Waals surface area contributed by atoms with Gasteiger partial charge in [0.25, 0.3) is 0 Å². The van der Waals surface area contributed by atoms with Crippen LogP contribution >= 0.6 is 0 Å². The van der Waals surface area contributed by atoms with E-state index < -0.39 is 0 Å². The summed E-state index contributed by atoms with van der Waals surface area (Å²) in [6.07, 6.45) is 9.77. The summed E-state index contributed by atoms with van der Waals surface area (Å²) >= 11 is 0. The van der Waals surface area contributed by atoms with Crippen LogP contribution in [0.4, 0.5) is 0 Å². The van der Waals surface area contributed by atoms with Crippen molar-refractivity contribution < 1.29 is 0 Å². The highest BCUT2D eigenvalue weighted by Crippen LogP contribution is 2.56.